The molecule has 0 fully saturated rings. The van der Waals surface area contributed by atoms with Crippen LogP contribution < -0.4 is 14.8 Å². The van der Waals surface area contributed by atoms with Crippen molar-refractivity contribution in [2.75, 3.05) is 19.0 Å². The van der Waals surface area contributed by atoms with E-state index in [1.165, 1.54) is 0 Å². The van der Waals surface area contributed by atoms with Crippen molar-refractivity contribution in [1.82, 2.24) is 0 Å². The Morgan fingerprint density at radius 1 is 1.32 bits per heavy atom. The summed E-state index contributed by atoms with van der Waals surface area (Å²) in [6, 6.07) is 10.4. The predicted octanol–water partition coefficient (Wildman–Crippen LogP) is 4.76. The largest absolute Gasteiger partial charge is 0.492 e. The number of para-hydroxylation sites is 1. The van der Waals surface area contributed by atoms with E-state index >= 15 is 0 Å². The number of carbonyl (C=O) groups is 1. The first kappa shape index (κ1) is 16.6. The monoisotopic (exact) mass is 383 g/mol. The van der Waals surface area contributed by atoms with E-state index in [0.29, 0.717) is 38.9 Å². The van der Waals surface area contributed by atoms with E-state index in [2.05, 4.69) is 21.2 Å². The van der Waals surface area contributed by atoms with Crippen LogP contribution in [0.25, 0.3) is 0 Å². The van der Waals surface area contributed by atoms with Crippen molar-refractivity contribution in [1.29, 1.82) is 0 Å². The number of amides is 1. The van der Waals surface area contributed by atoms with Gasteiger partial charge in [0, 0.05) is 5.56 Å². The van der Waals surface area contributed by atoms with Gasteiger partial charge in [0.15, 0.2) is 11.5 Å². The van der Waals surface area contributed by atoms with Crippen LogP contribution in [0.15, 0.2) is 40.9 Å². The molecule has 0 saturated carbocycles. The highest BCUT2D eigenvalue weighted by Gasteiger charge is 2.16. The van der Waals surface area contributed by atoms with Gasteiger partial charge in [-0.2, -0.15) is 0 Å². The third kappa shape index (κ3) is 3.72. The van der Waals surface area contributed by atoms with Crippen LogP contribution in [0.3, 0.4) is 0 Å². The van der Waals surface area contributed by atoms with E-state index in [1.54, 1.807) is 43.5 Å². The Labute approximate surface area is 142 Å². The van der Waals surface area contributed by atoms with E-state index in [4.69, 9.17) is 21.1 Å². The Balaban J connectivity index is 2.32. The minimum Gasteiger partial charge on any atom is -0.492 e. The fraction of sp³-hybridized carbons (Fsp3) is 0.188. The van der Waals surface area contributed by atoms with Crippen LogP contribution >= 0.6 is 27.5 Å². The molecule has 116 valence electrons. The molecule has 0 atom stereocenters. The third-order valence-electron chi connectivity index (χ3n) is 2.90. The second-order valence-electron chi connectivity index (χ2n) is 4.36. The van der Waals surface area contributed by atoms with Gasteiger partial charge in [0.05, 0.1) is 28.9 Å². The lowest BCUT2D eigenvalue weighted by molar-refractivity contribution is 0.102. The summed E-state index contributed by atoms with van der Waals surface area (Å²) < 4.78 is 11.4. The van der Waals surface area contributed by atoms with Gasteiger partial charge in [0.2, 0.25) is 0 Å². The SMILES string of the molecule is CCOc1cc(C(=O)Nc2ccccc2Cl)cc(Br)c1OC. The van der Waals surface area contributed by atoms with E-state index in [9.17, 15) is 4.79 Å². The van der Waals surface area contributed by atoms with Crippen LogP contribution in [0, 0.1) is 0 Å². The minimum absolute atomic E-state index is 0.280. The molecule has 0 saturated heterocycles. The number of nitrogens with one attached hydrogen (secondary N) is 1. The Bertz CT molecular complexity index is 691. The number of hydrogen-bond donors (Lipinski definition) is 1. The van der Waals surface area contributed by atoms with Crippen LogP contribution in [0.2, 0.25) is 5.02 Å². The lowest BCUT2D eigenvalue weighted by atomic mass is 10.1. The smallest absolute Gasteiger partial charge is 0.255 e. The quantitative estimate of drug-likeness (QED) is 0.808. The van der Waals surface area contributed by atoms with Crippen LogP contribution in [0.1, 0.15) is 17.3 Å². The zero-order chi connectivity index (χ0) is 16.1. The fourth-order valence-electron chi connectivity index (χ4n) is 1.92. The molecule has 1 amide bonds. The van der Waals surface area contributed by atoms with E-state index in [1.807, 2.05) is 6.92 Å². The highest BCUT2D eigenvalue weighted by Crippen LogP contribution is 2.36. The number of rotatable bonds is 5. The first-order chi connectivity index (χ1) is 10.6. The normalized spacial score (nSPS) is 10.2. The van der Waals surface area contributed by atoms with Gasteiger partial charge < -0.3 is 14.8 Å². The number of ether oxygens (including phenoxy) is 2. The van der Waals surface area contributed by atoms with Crippen LogP contribution in [0.4, 0.5) is 5.69 Å². The number of benzene rings is 2. The summed E-state index contributed by atoms with van der Waals surface area (Å²) >= 11 is 9.43. The van der Waals surface area contributed by atoms with Crippen LogP contribution in [0.5, 0.6) is 11.5 Å². The lowest BCUT2D eigenvalue weighted by Gasteiger charge is -2.13. The summed E-state index contributed by atoms with van der Waals surface area (Å²) in [5, 5.41) is 3.25. The fourth-order valence-corrected chi connectivity index (χ4v) is 2.70. The summed E-state index contributed by atoms with van der Waals surface area (Å²) in [4.78, 5) is 12.4. The maximum absolute atomic E-state index is 12.4. The van der Waals surface area contributed by atoms with E-state index in [0.717, 1.165) is 0 Å². The van der Waals surface area contributed by atoms with E-state index in [-0.39, 0.29) is 5.91 Å². The number of methoxy groups -OCH3 is 1. The van der Waals surface area contributed by atoms with Gasteiger partial charge in [-0.15, -0.1) is 0 Å². The van der Waals surface area contributed by atoms with Gasteiger partial charge >= 0.3 is 0 Å². The summed E-state index contributed by atoms with van der Waals surface area (Å²) in [6.45, 7) is 2.34. The van der Waals surface area contributed by atoms with Crippen LogP contribution in [-0.2, 0) is 0 Å². The molecule has 4 nitrogen and oxygen atoms in total. The van der Waals surface area contributed by atoms with Crippen LogP contribution in [-0.4, -0.2) is 19.6 Å². The molecular weight excluding hydrogens is 370 g/mol. The molecule has 0 heterocycles. The maximum Gasteiger partial charge on any atom is 0.255 e. The molecule has 0 radical (unpaired) electrons. The zero-order valence-electron chi connectivity index (χ0n) is 12.2. The molecule has 1 N–H and O–H groups in total. The summed E-state index contributed by atoms with van der Waals surface area (Å²) in [5.74, 6) is 0.775. The minimum atomic E-state index is -0.280. The van der Waals surface area contributed by atoms with Crippen molar-refractivity contribution in [3.8, 4) is 11.5 Å². The standard InChI is InChI=1S/C16H15BrClNO3/c1-3-22-14-9-10(8-11(17)15(14)21-2)16(20)19-13-7-5-4-6-12(13)18/h4-9H,3H2,1-2H3,(H,19,20). The first-order valence-electron chi connectivity index (χ1n) is 6.63. The van der Waals surface area contributed by atoms with Gasteiger partial charge in [-0.25, -0.2) is 0 Å². The highest BCUT2D eigenvalue weighted by atomic mass is 79.9. The number of anilines is 1. The Morgan fingerprint density at radius 3 is 2.68 bits per heavy atom. The lowest BCUT2D eigenvalue weighted by Crippen LogP contribution is -2.13. The number of hydrogen-bond acceptors (Lipinski definition) is 3. The van der Waals surface area contributed by atoms with Crippen molar-refractivity contribution in [3.63, 3.8) is 0 Å². The molecular formula is C16H15BrClNO3. The van der Waals surface area contributed by atoms with Crippen molar-refractivity contribution < 1.29 is 14.3 Å². The van der Waals surface area contributed by atoms with Gasteiger partial charge in [0.1, 0.15) is 0 Å². The maximum atomic E-state index is 12.4. The summed E-state index contributed by atoms with van der Waals surface area (Å²) in [5.41, 5.74) is 0.995. The van der Waals surface area contributed by atoms with Gasteiger partial charge in [-0.3, -0.25) is 4.79 Å². The molecule has 0 aliphatic rings. The molecule has 2 aromatic rings. The molecule has 0 spiro atoms. The van der Waals surface area contributed by atoms with Gasteiger partial charge in [-0.1, -0.05) is 23.7 Å². The molecule has 0 aliphatic heterocycles. The van der Waals surface area contributed by atoms with E-state index < -0.39 is 0 Å². The topological polar surface area (TPSA) is 47.6 Å². The molecule has 6 heteroatoms. The third-order valence-corrected chi connectivity index (χ3v) is 3.82. The molecule has 0 aliphatic carbocycles. The molecule has 0 aromatic heterocycles. The van der Waals surface area contributed by atoms with Crippen molar-refractivity contribution >= 4 is 39.1 Å². The summed E-state index contributed by atoms with van der Waals surface area (Å²) in [6.07, 6.45) is 0. The average Bonchev–Trinajstić information content (AvgIpc) is 2.49. The van der Waals surface area contributed by atoms with Gasteiger partial charge in [-0.05, 0) is 47.1 Å². The van der Waals surface area contributed by atoms with Gasteiger partial charge in [0.25, 0.3) is 5.91 Å². The summed E-state index contributed by atoms with van der Waals surface area (Å²) in [7, 11) is 1.55. The first-order valence-corrected chi connectivity index (χ1v) is 7.80. The average molecular weight is 385 g/mol. The van der Waals surface area contributed by atoms with Crippen molar-refractivity contribution in [2.45, 2.75) is 6.92 Å². The Kier molecular flexibility index (Phi) is 5.69. The molecule has 22 heavy (non-hydrogen) atoms. The number of carbonyl (C=O) groups excluding carboxylic acids is 1. The molecule has 2 aromatic carbocycles. The second-order valence-corrected chi connectivity index (χ2v) is 5.62. The molecule has 0 bridgehead atoms. The second kappa shape index (κ2) is 7.51. The highest BCUT2D eigenvalue weighted by molar-refractivity contribution is 9.10. The Hall–Kier alpha value is -1.72. The van der Waals surface area contributed by atoms with Crippen molar-refractivity contribution in [2.24, 2.45) is 0 Å². The predicted molar refractivity (Wildman–Crippen MR) is 91.3 cm³/mol. The number of halogens is 2. The molecule has 2 rings (SSSR count). The van der Waals surface area contributed by atoms with Crippen molar-refractivity contribution in [3.05, 3.63) is 51.5 Å². The zero-order valence-corrected chi connectivity index (χ0v) is 14.5. The molecule has 0 unspecified atom stereocenters. The Morgan fingerprint density at radius 2 is 2.05 bits per heavy atom.